The van der Waals surface area contributed by atoms with Gasteiger partial charge in [0.05, 0.1) is 10.9 Å². The minimum Gasteiger partial charge on any atom is -0.484 e. The number of likely N-dealkylation sites (N-methyl/N-ethyl adjacent to an activating group) is 1. The fraction of sp³-hybridized carbons (Fsp3) is 0.238. The van der Waals surface area contributed by atoms with Crippen LogP contribution in [0.2, 0.25) is 0 Å². The quantitative estimate of drug-likeness (QED) is 0.516. The number of anilines is 1. The van der Waals surface area contributed by atoms with Crippen molar-refractivity contribution in [3.63, 3.8) is 0 Å². The van der Waals surface area contributed by atoms with Crippen molar-refractivity contribution >= 4 is 28.4 Å². The van der Waals surface area contributed by atoms with E-state index < -0.39 is 11.2 Å². The van der Waals surface area contributed by atoms with E-state index in [9.17, 15) is 19.2 Å². The summed E-state index contributed by atoms with van der Waals surface area (Å²) in [6.07, 6.45) is 0.0277. The molecule has 0 aliphatic carbocycles. The summed E-state index contributed by atoms with van der Waals surface area (Å²) >= 11 is 0. The predicted molar refractivity (Wildman–Crippen MR) is 113 cm³/mol. The summed E-state index contributed by atoms with van der Waals surface area (Å²) in [6, 6.07) is 13.4. The van der Waals surface area contributed by atoms with Gasteiger partial charge in [-0.2, -0.15) is 0 Å². The SMILES string of the molecule is CCNC(=O)COc1cccc(NC(=O)CCn2c(=O)[nH]c(=O)c3ccccc32)c1. The Morgan fingerprint density at radius 1 is 1.07 bits per heavy atom. The molecule has 0 saturated carbocycles. The highest BCUT2D eigenvalue weighted by molar-refractivity contribution is 5.91. The zero-order valence-corrected chi connectivity index (χ0v) is 16.4. The Kier molecular flexibility index (Phi) is 6.63. The number of nitrogens with zero attached hydrogens (tertiary/aromatic N) is 1. The van der Waals surface area contributed by atoms with E-state index in [-0.39, 0.29) is 31.4 Å². The second-order valence-electron chi connectivity index (χ2n) is 6.50. The summed E-state index contributed by atoms with van der Waals surface area (Å²) in [5.41, 5.74) is -0.0418. The third kappa shape index (κ3) is 5.13. The van der Waals surface area contributed by atoms with Gasteiger partial charge in [0.1, 0.15) is 5.75 Å². The molecule has 0 aliphatic heterocycles. The van der Waals surface area contributed by atoms with Gasteiger partial charge in [0.25, 0.3) is 11.5 Å². The number of amides is 2. The molecule has 1 heterocycles. The predicted octanol–water partition coefficient (Wildman–Crippen LogP) is 1.23. The zero-order chi connectivity index (χ0) is 21.5. The van der Waals surface area contributed by atoms with Crippen LogP contribution < -0.4 is 26.6 Å². The van der Waals surface area contributed by atoms with Crippen LogP contribution in [-0.4, -0.2) is 34.5 Å². The van der Waals surface area contributed by atoms with E-state index in [2.05, 4.69) is 15.6 Å². The number of hydrogen-bond donors (Lipinski definition) is 3. The van der Waals surface area contributed by atoms with Crippen LogP contribution >= 0.6 is 0 Å². The maximum absolute atomic E-state index is 12.4. The third-order valence-corrected chi connectivity index (χ3v) is 4.33. The number of benzene rings is 2. The lowest BCUT2D eigenvalue weighted by Crippen LogP contribution is -2.31. The van der Waals surface area contributed by atoms with E-state index in [1.54, 1.807) is 48.5 Å². The van der Waals surface area contributed by atoms with Crippen molar-refractivity contribution < 1.29 is 14.3 Å². The summed E-state index contributed by atoms with van der Waals surface area (Å²) < 4.78 is 6.77. The summed E-state index contributed by atoms with van der Waals surface area (Å²) in [7, 11) is 0. The molecule has 9 nitrogen and oxygen atoms in total. The number of carbonyl (C=O) groups is 2. The zero-order valence-electron chi connectivity index (χ0n) is 16.4. The lowest BCUT2D eigenvalue weighted by atomic mass is 10.2. The number of aryl methyl sites for hydroxylation is 1. The number of H-pyrrole nitrogens is 1. The number of rotatable bonds is 8. The van der Waals surface area contributed by atoms with Gasteiger partial charge in [0.2, 0.25) is 5.91 Å². The van der Waals surface area contributed by atoms with Crippen molar-refractivity contribution in [3.05, 3.63) is 69.4 Å². The van der Waals surface area contributed by atoms with Crippen LogP contribution in [0.25, 0.3) is 10.9 Å². The Morgan fingerprint density at radius 2 is 1.87 bits per heavy atom. The molecule has 1 aromatic heterocycles. The van der Waals surface area contributed by atoms with Crippen LogP contribution in [0.5, 0.6) is 5.75 Å². The number of para-hydroxylation sites is 1. The number of hydrogen-bond acceptors (Lipinski definition) is 5. The molecule has 3 aromatic rings. The van der Waals surface area contributed by atoms with E-state index in [1.165, 1.54) is 4.57 Å². The molecule has 0 saturated heterocycles. The smallest absolute Gasteiger partial charge is 0.328 e. The fourth-order valence-electron chi connectivity index (χ4n) is 2.96. The molecule has 0 bridgehead atoms. The van der Waals surface area contributed by atoms with Gasteiger partial charge in [-0.15, -0.1) is 0 Å². The van der Waals surface area contributed by atoms with Crippen molar-refractivity contribution in [2.75, 3.05) is 18.5 Å². The lowest BCUT2D eigenvalue weighted by molar-refractivity contribution is -0.123. The van der Waals surface area contributed by atoms with Crippen molar-refractivity contribution in [1.82, 2.24) is 14.9 Å². The Balaban J connectivity index is 1.64. The molecule has 3 rings (SSSR count). The van der Waals surface area contributed by atoms with Crippen molar-refractivity contribution in [1.29, 1.82) is 0 Å². The largest absolute Gasteiger partial charge is 0.484 e. The monoisotopic (exact) mass is 410 g/mol. The van der Waals surface area contributed by atoms with E-state index in [1.807, 2.05) is 6.92 Å². The third-order valence-electron chi connectivity index (χ3n) is 4.33. The molecular weight excluding hydrogens is 388 g/mol. The molecular formula is C21H22N4O5. The normalized spacial score (nSPS) is 10.6. The van der Waals surface area contributed by atoms with Crippen LogP contribution in [-0.2, 0) is 16.1 Å². The molecule has 9 heteroatoms. The van der Waals surface area contributed by atoms with Crippen molar-refractivity contribution in [2.24, 2.45) is 0 Å². The second-order valence-corrected chi connectivity index (χ2v) is 6.50. The topological polar surface area (TPSA) is 122 Å². The van der Waals surface area contributed by atoms with Gasteiger partial charge in [0, 0.05) is 31.3 Å². The van der Waals surface area contributed by atoms with Crippen LogP contribution in [0.15, 0.2) is 58.1 Å². The van der Waals surface area contributed by atoms with Crippen LogP contribution in [0, 0.1) is 0 Å². The minimum absolute atomic E-state index is 0.0277. The number of nitrogens with one attached hydrogen (secondary N) is 3. The number of aromatic amines is 1. The second kappa shape index (κ2) is 9.55. The summed E-state index contributed by atoms with van der Waals surface area (Å²) in [4.78, 5) is 50.2. The minimum atomic E-state index is -0.563. The molecule has 30 heavy (non-hydrogen) atoms. The van der Waals surface area contributed by atoms with Gasteiger partial charge >= 0.3 is 5.69 Å². The number of ether oxygens (including phenoxy) is 1. The van der Waals surface area contributed by atoms with E-state index in [0.29, 0.717) is 28.9 Å². The van der Waals surface area contributed by atoms with Crippen molar-refractivity contribution in [3.8, 4) is 5.75 Å². The van der Waals surface area contributed by atoms with Gasteiger partial charge < -0.3 is 15.4 Å². The highest BCUT2D eigenvalue weighted by Gasteiger charge is 2.10. The molecule has 0 radical (unpaired) electrons. The molecule has 156 valence electrons. The Hall–Kier alpha value is -3.88. The Labute approximate surface area is 171 Å². The van der Waals surface area contributed by atoms with E-state index in [4.69, 9.17) is 4.74 Å². The first-order valence-corrected chi connectivity index (χ1v) is 9.49. The first-order chi connectivity index (χ1) is 14.5. The first-order valence-electron chi connectivity index (χ1n) is 9.49. The molecule has 0 atom stereocenters. The maximum Gasteiger partial charge on any atom is 0.328 e. The fourth-order valence-corrected chi connectivity index (χ4v) is 2.96. The lowest BCUT2D eigenvalue weighted by Gasteiger charge is -2.11. The van der Waals surface area contributed by atoms with Gasteiger partial charge in [-0.3, -0.25) is 23.9 Å². The summed E-state index contributed by atoms with van der Waals surface area (Å²) in [5.74, 6) is -0.0922. The summed E-state index contributed by atoms with van der Waals surface area (Å²) in [5, 5.41) is 5.75. The molecule has 0 spiro atoms. The Morgan fingerprint density at radius 3 is 2.67 bits per heavy atom. The standard InChI is InChI=1S/C21H22N4O5/c1-2-22-19(27)13-30-15-7-5-6-14(12-15)23-18(26)10-11-25-17-9-4-3-8-16(17)20(28)24-21(25)29/h3-9,12H,2,10-11,13H2,1H3,(H,22,27)(H,23,26)(H,24,28,29). The maximum atomic E-state index is 12.4. The molecule has 3 N–H and O–H groups in total. The average Bonchev–Trinajstić information content (AvgIpc) is 2.72. The van der Waals surface area contributed by atoms with Crippen molar-refractivity contribution in [2.45, 2.75) is 19.9 Å². The molecule has 0 unspecified atom stereocenters. The van der Waals surface area contributed by atoms with E-state index >= 15 is 0 Å². The van der Waals surface area contributed by atoms with Crippen LogP contribution in [0.3, 0.4) is 0 Å². The van der Waals surface area contributed by atoms with Crippen LogP contribution in [0.4, 0.5) is 5.69 Å². The molecule has 2 amide bonds. The van der Waals surface area contributed by atoms with Gasteiger partial charge in [-0.1, -0.05) is 18.2 Å². The molecule has 0 aliphatic rings. The highest BCUT2D eigenvalue weighted by Crippen LogP contribution is 2.17. The Bertz CT molecular complexity index is 1180. The van der Waals surface area contributed by atoms with Gasteiger partial charge in [-0.05, 0) is 31.2 Å². The highest BCUT2D eigenvalue weighted by atomic mass is 16.5. The number of fused-ring (bicyclic) bond motifs is 1. The average molecular weight is 410 g/mol. The van der Waals surface area contributed by atoms with Gasteiger partial charge in [0.15, 0.2) is 6.61 Å². The van der Waals surface area contributed by atoms with E-state index in [0.717, 1.165) is 0 Å². The summed E-state index contributed by atoms with van der Waals surface area (Å²) in [6.45, 7) is 2.33. The first kappa shape index (κ1) is 20.8. The number of carbonyl (C=O) groups excluding carboxylic acids is 2. The molecule has 0 fully saturated rings. The molecule has 2 aromatic carbocycles. The van der Waals surface area contributed by atoms with Gasteiger partial charge in [-0.25, -0.2) is 4.79 Å². The number of aromatic nitrogens is 2. The van der Waals surface area contributed by atoms with Crippen LogP contribution in [0.1, 0.15) is 13.3 Å².